The van der Waals surface area contributed by atoms with Crippen molar-refractivity contribution in [3.63, 3.8) is 0 Å². The summed E-state index contributed by atoms with van der Waals surface area (Å²) >= 11 is 0. The molecule has 0 aliphatic rings. The quantitative estimate of drug-likeness (QED) is 0.403. The average molecular weight is 361 g/mol. The summed E-state index contributed by atoms with van der Waals surface area (Å²) in [7, 11) is 3.59. The maximum Gasteiger partial charge on any atom is 0.115 e. The van der Waals surface area contributed by atoms with Crippen molar-refractivity contribution >= 4 is 34.0 Å². The number of aromatic hydroxyl groups is 2. The second-order valence-electron chi connectivity index (χ2n) is 4.90. The lowest BCUT2D eigenvalue weighted by molar-refractivity contribution is 0.475. The molecule has 126 valence electrons. The van der Waals surface area contributed by atoms with E-state index in [0.29, 0.717) is 0 Å². The molecule has 2 N–H and O–H groups in total. The van der Waals surface area contributed by atoms with Crippen LogP contribution in [-0.4, -0.2) is 47.2 Å². The fourth-order valence-corrected chi connectivity index (χ4v) is 3.51. The van der Waals surface area contributed by atoms with Gasteiger partial charge in [-0.25, -0.2) is 0 Å². The zero-order chi connectivity index (χ0) is 17.0. The van der Waals surface area contributed by atoms with Crippen LogP contribution in [0.1, 0.15) is 11.1 Å². The van der Waals surface area contributed by atoms with E-state index >= 15 is 0 Å². The molecule has 0 bridgehead atoms. The zero-order valence-electron chi connectivity index (χ0n) is 13.2. The Morgan fingerprint density at radius 1 is 0.667 bits per heavy atom. The molecule has 0 atom stereocenters. The molecule has 4 nitrogen and oxygen atoms in total. The highest BCUT2D eigenvalue weighted by Gasteiger charge is 1.92. The summed E-state index contributed by atoms with van der Waals surface area (Å²) in [6, 6.07) is 14.0. The Bertz CT molecular complexity index is 596. The van der Waals surface area contributed by atoms with E-state index in [9.17, 15) is 10.2 Å². The number of nitrogens with zero attached hydrogens (tertiary/aromatic N) is 2. The third kappa shape index (κ3) is 7.57. The van der Waals surface area contributed by atoms with Crippen molar-refractivity contribution in [2.45, 2.75) is 0 Å². The third-order valence-corrected chi connectivity index (χ3v) is 5.32. The normalized spacial score (nSPS) is 11.5. The van der Waals surface area contributed by atoms with E-state index in [1.165, 1.54) is 0 Å². The molecule has 24 heavy (non-hydrogen) atoms. The molecule has 2 aromatic rings. The van der Waals surface area contributed by atoms with Crippen molar-refractivity contribution in [1.82, 2.24) is 0 Å². The molecular weight excluding hydrogens is 340 g/mol. The number of rotatable bonds is 9. The molecule has 0 heterocycles. The lowest BCUT2D eigenvalue weighted by atomic mass is 10.2. The van der Waals surface area contributed by atoms with E-state index in [1.807, 2.05) is 36.7 Å². The molecule has 0 aliphatic heterocycles. The van der Waals surface area contributed by atoms with Gasteiger partial charge in [-0.05, 0) is 59.7 Å². The molecule has 0 unspecified atom stereocenters. The summed E-state index contributed by atoms with van der Waals surface area (Å²) in [6.07, 6.45) is 3.65. The van der Waals surface area contributed by atoms with Crippen LogP contribution in [0.4, 0.5) is 0 Å². The predicted molar refractivity (Wildman–Crippen MR) is 106 cm³/mol. The molecule has 0 fully saturated rings. The highest BCUT2D eigenvalue weighted by molar-refractivity contribution is 8.76. The van der Waals surface area contributed by atoms with Crippen LogP contribution in [0, 0.1) is 0 Å². The van der Waals surface area contributed by atoms with Crippen LogP contribution in [0.3, 0.4) is 0 Å². The molecular formula is C18H20N2O2S2. The van der Waals surface area contributed by atoms with Crippen molar-refractivity contribution in [3.8, 4) is 11.5 Å². The third-order valence-electron chi connectivity index (χ3n) is 2.96. The van der Waals surface area contributed by atoms with Crippen LogP contribution >= 0.6 is 21.6 Å². The van der Waals surface area contributed by atoms with E-state index in [0.717, 1.165) is 35.7 Å². The van der Waals surface area contributed by atoms with Gasteiger partial charge in [0.05, 0.1) is 0 Å². The maximum absolute atomic E-state index is 9.19. The second kappa shape index (κ2) is 10.8. The van der Waals surface area contributed by atoms with Crippen molar-refractivity contribution in [1.29, 1.82) is 0 Å². The summed E-state index contributed by atoms with van der Waals surface area (Å²) < 4.78 is 0. The van der Waals surface area contributed by atoms with Gasteiger partial charge in [0.25, 0.3) is 0 Å². The summed E-state index contributed by atoms with van der Waals surface area (Å²) in [6.45, 7) is 1.55. The fraction of sp³-hybridized carbons (Fsp3) is 0.222. The van der Waals surface area contributed by atoms with Crippen LogP contribution in [0.15, 0.2) is 58.5 Å². The van der Waals surface area contributed by atoms with Crippen LogP contribution < -0.4 is 0 Å². The number of aliphatic imine (C=N–C) groups is 2. The van der Waals surface area contributed by atoms with Crippen LogP contribution in [0.5, 0.6) is 11.5 Å². The second-order valence-corrected chi connectivity index (χ2v) is 7.60. The molecule has 0 spiro atoms. The van der Waals surface area contributed by atoms with E-state index in [-0.39, 0.29) is 11.5 Å². The number of hydrogen-bond donors (Lipinski definition) is 2. The Kier molecular flexibility index (Phi) is 8.27. The Morgan fingerprint density at radius 3 is 1.42 bits per heavy atom. The van der Waals surface area contributed by atoms with Gasteiger partial charge in [0.15, 0.2) is 0 Å². The maximum atomic E-state index is 9.19. The molecule has 0 aromatic heterocycles. The first kappa shape index (κ1) is 18.4. The van der Waals surface area contributed by atoms with Crippen molar-refractivity contribution in [2.24, 2.45) is 9.98 Å². The number of benzene rings is 2. The fourth-order valence-electron chi connectivity index (χ4n) is 1.76. The first-order chi connectivity index (χ1) is 11.7. The Balaban J connectivity index is 1.51. The summed E-state index contributed by atoms with van der Waals surface area (Å²) in [5.41, 5.74) is 1.99. The van der Waals surface area contributed by atoms with E-state index in [1.54, 1.807) is 45.9 Å². The number of phenols is 2. The van der Waals surface area contributed by atoms with Gasteiger partial charge in [0.1, 0.15) is 11.5 Å². The Labute approximate surface area is 150 Å². The minimum Gasteiger partial charge on any atom is -0.508 e. The molecule has 0 saturated heterocycles. The minimum absolute atomic E-state index is 0.271. The summed E-state index contributed by atoms with van der Waals surface area (Å²) in [5, 5.41) is 18.4. The van der Waals surface area contributed by atoms with Gasteiger partial charge in [-0.2, -0.15) is 0 Å². The van der Waals surface area contributed by atoms with Gasteiger partial charge in [-0.15, -0.1) is 0 Å². The molecule has 0 aliphatic carbocycles. The van der Waals surface area contributed by atoms with E-state index in [4.69, 9.17) is 0 Å². The summed E-state index contributed by atoms with van der Waals surface area (Å²) in [4.78, 5) is 8.72. The SMILES string of the molecule is Oc1ccc(C=NCCSSCCN=Cc2ccc(O)cc2)cc1. The predicted octanol–water partition coefficient (Wildman–Crippen LogP) is 4.02. The van der Waals surface area contributed by atoms with Gasteiger partial charge in [-0.1, -0.05) is 21.6 Å². The number of phenolic OH excluding ortho intramolecular Hbond substituents is 2. The van der Waals surface area contributed by atoms with Gasteiger partial charge in [0, 0.05) is 37.0 Å². The topological polar surface area (TPSA) is 65.2 Å². The lowest BCUT2D eigenvalue weighted by Gasteiger charge is -1.98. The molecule has 0 radical (unpaired) electrons. The molecule has 2 aromatic carbocycles. The van der Waals surface area contributed by atoms with E-state index in [2.05, 4.69) is 9.98 Å². The Hall–Kier alpha value is -1.92. The Morgan fingerprint density at radius 2 is 1.04 bits per heavy atom. The lowest BCUT2D eigenvalue weighted by Crippen LogP contribution is -1.89. The number of hydrogen-bond acceptors (Lipinski definition) is 6. The van der Waals surface area contributed by atoms with Gasteiger partial charge < -0.3 is 10.2 Å². The molecule has 2 rings (SSSR count). The highest BCUT2D eigenvalue weighted by Crippen LogP contribution is 2.20. The van der Waals surface area contributed by atoms with Gasteiger partial charge in [-0.3, -0.25) is 9.98 Å². The van der Waals surface area contributed by atoms with Crippen LogP contribution in [0.25, 0.3) is 0 Å². The summed E-state index contributed by atoms with van der Waals surface area (Å²) in [5.74, 6) is 2.46. The monoisotopic (exact) mass is 360 g/mol. The highest BCUT2D eigenvalue weighted by atomic mass is 33.1. The van der Waals surface area contributed by atoms with Crippen LogP contribution in [0.2, 0.25) is 0 Å². The van der Waals surface area contributed by atoms with Crippen molar-refractivity contribution in [3.05, 3.63) is 59.7 Å². The van der Waals surface area contributed by atoms with Gasteiger partial charge in [0.2, 0.25) is 0 Å². The smallest absolute Gasteiger partial charge is 0.115 e. The zero-order valence-corrected chi connectivity index (χ0v) is 14.8. The minimum atomic E-state index is 0.271. The first-order valence-corrected chi connectivity index (χ1v) is 10.0. The molecule has 0 saturated carbocycles. The van der Waals surface area contributed by atoms with Crippen molar-refractivity contribution in [2.75, 3.05) is 24.6 Å². The standard InChI is InChI=1S/C18H20N2O2S2/c21-17-5-1-15(2-6-17)13-19-9-11-23-24-12-10-20-14-16-3-7-18(22)8-4-16/h1-8,13-14,21-22H,9-12H2. The van der Waals surface area contributed by atoms with Crippen molar-refractivity contribution < 1.29 is 10.2 Å². The van der Waals surface area contributed by atoms with E-state index < -0.39 is 0 Å². The molecule has 0 amide bonds. The largest absolute Gasteiger partial charge is 0.508 e. The average Bonchev–Trinajstić information content (AvgIpc) is 2.60. The van der Waals surface area contributed by atoms with Gasteiger partial charge >= 0.3 is 0 Å². The van der Waals surface area contributed by atoms with Crippen LogP contribution in [-0.2, 0) is 0 Å². The first-order valence-electron chi connectivity index (χ1n) is 7.56. The molecule has 6 heteroatoms.